The van der Waals surface area contributed by atoms with E-state index in [-0.39, 0.29) is 12.5 Å². The number of hydrogen-bond donors (Lipinski definition) is 1. The summed E-state index contributed by atoms with van der Waals surface area (Å²) in [6, 6.07) is 3.32. The first-order valence-electron chi connectivity index (χ1n) is 7.23. The average molecular weight is 305 g/mol. The Morgan fingerprint density at radius 1 is 1.32 bits per heavy atom. The monoisotopic (exact) mass is 305 g/mol. The third kappa shape index (κ3) is 2.68. The van der Waals surface area contributed by atoms with Crippen molar-refractivity contribution >= 4 is 18.0 Å². The maximum atomic E-state index is 13.3. The van der Waals surface area contributed by atoms with Crippen molar-refractivity contribution in [3.8, 4) is 5.75 Å². The van der Waals surface area contributed by atoms with Crippen LogP contribution < -0.4 is 4.74 Å². The summed E-state index contributed by atoms with van der Waals surface area (Å²) in [6.45, 7) is 0.490. The first-order valence-corrected chi connectivity index (χ1v) is 7.23. The average Bonchev–Trinajstić information content (AvgIpc) is 2.53. The van der Waals surface area contributed by atoms with Gasteiger partial charge in [-0.3, -0.25) is 4.79 Å². The first kappa shape index (κ1) is 14.6. The molecule has 1 saturated heterocycles. The van der Waals surface area contributed by atoms with E-state index in [0.29, 0.717) is 29.9 Å². The number of aliphatic carboxylic acids is 1. The van der Waals surface area contributed by atoms with Gasteiger partial charge in [-0.1, -0.05) is 0 Å². The second-order valence-electron chi connectivity index (χ2n) is 5.49. The normalized spacial score (nSPS) is 20.7. The highest BCUT2D eigenvalue weighted by molar-refractivity contribution is 6.00. The van der Waals surface area contributed by atoms with E-state index in [1.807, 2.05) is 0 Å². The predicted molar refractivity (Wildman–Crippen MR) is 76.9 cm³/mol. The van der Waals surface area contributed by atoms with Gasteiger partial charge in [0, 0.05) is 12.1 Å². The molecule has 0 aliphatic carbocycles. The number of fused-ring (bicyclic) bond motifs is 1. The van der Waals surface area contributed by atoms with Crippen molar-refractivity contribution in [2.75, 3.05) is 13.2 Å². The van der Waals surface area contributed by atoms with Crippen molar-refractivity contribution in [2.24, 2.45) is 0 Å². The minimum atomic E-state index is -0.989. The molecule has 0 spiro atoms. The first-order chi connectivity index (χ1) is 10.6. The van der Waals surface area contributed by atoms with Gasteiger partial charge in [-0.25, -0.2) is 9.18 Å². The number of rotatable bonds is 2. The number of carbonyl (C=O) groups is 2. The van der Waals surface area contributed by atoms with E-state index in [1.165, 1.54) is 23.1 Å². The molecule has 0 saturated carbocycles. The fraction of sp³-hybridized carbons (Fsp3) is 0.375. The lowest BCUT2D eigenvalue weighted by atomic mass is 9.99. The van der Waals surface area contributed by atoms with Crippen LogP contribution in [-0.2, 0) is 9.59 Å². The number of benzene rings is 1. The quantitative estimate of drug-likeness (QED) is 0.908. The van der Waals surface area contributed by atoms with Crippen molar-refractivity contribution in [3.05, 3.63) is 35.2 Å². The van der Waals surface area contributed by atoms with Crippen LogP contribution in [0.15, 0.2) is 23.8 Å². The molecule has 0 radical (unpaired) electrons. The molecule has 1 aromatic rings. The van der Waals surface area contributed by atoms with E-state index in [4.69, 9.17) is 4.74 Å². The Bertz CT molecular complexity index is 656. The summed E-state index contributed by atoms with van der Waals surface area (Å²) >= 11 is 0. The largest absolute Gasteiger partial charge is 0.488 e. The van der Waals surface area contributed by atoms with Crippen LogP contribution in [0.25, 0.3) is 6.08 Å². The van der Waals surface area contributed by atoms with Crippen LogP contribution in [0.5, 0.6) is 5.75 Å². The zero-order valence-electron chi connectivity index (χ0n) is 11.9. The molecule has 2 aliphatic rings. The number of halogens is 1. The molecular weight excluding hydrogens is 289 g/mol. The third-order valence-electron chi connectivity index (χ3n) is 4.01. The molecule has 22 heavy (non-hydrogen) atoms. The Labute approximate surface area is 127 Å². The number of carboxylic acids is 1. The van der Waals surface area contributed by atoms with Gasteiger partial charge in [0.2, 0.25) is 0 Å². The van der Waals surface area contributed by atoms with Gasteiger partial charge in [-0.05, 0) is 43.5 Å². The van der Waals surface area contributed by atoms with Gasteiger partial charge in [0.1, 0.15) is 24.2 Å². The molecule has 1 N–H and O–H groups in total. The summed E-state index contributed by atoms with van der Waals surface area (Å²) < 4.78 is 18.8. The Morgan fingerprint density at radius 2 is 2.14 bits per heavy atom. The summed E-state index contributed by atoms with van der Waals surface area (Å²) in [5.74, 6) is -1.22. The molecule has 0 aromatic heterocycles. The SMILES string of the molecule is O=C(O)C1CCCCN1C(=O)C1=Cc2cc(F)ccc2OC1. The lowest BCUT2D eigenvalue weighted by molar-refractivity contribution is -0.150. The molecule has 1 atom stereocenters. The van der Waals surface area contributed by atoms with E-state index in [0.717, 1.165) is 12.8 Å². The van der Waals surface area contributed by atoms with Crippen LogP contribution in [0, 0.1) is 5.82 Å². The van der Waals surface area contributed by atoms with E-state index >= 15 is 0 Å². The van der Waals surface area contributed by atoms with Gasteiger partial charge in [0.05, 0.1) is 5.57 Å². The zero-order valence-corrected chi connectivity index (χ0v) is 11.9. The summed E-state index contributed by atoms with van der Waals surface area (Å²) in [5, 5.41) is 9.26. The Morgan fingerprint density at radius 3 is 2.91 bits per heavy atom. The molecule has 5 nitrogen and oxygen atoms in total. The van der Waals surface area contributed by atoms with E-state index in [1.54, 1.807) is 6.08 Å². The Kier molecular flexibility index (Phi) is 3.83. The van der Waals surface area contributed by atoms with E-state index in [2.05, 4.69) is 0 Å². The molecule has 1 fully saturated rings. The van der Waals surface area contributed by atoms with Crippen molar-refractivity contribution in [1.29, 1.82) is 0 Å². The van der Waals surface area contributed by atoms with Crippen molar-refractivity contribution < 1.29 is 23.8 Å². The van der Waals surface area contributed by atoms with Crippen LogP contribution in [0.3, 0.4) is 0 Å². The summed E-state index contributed by atoms with van der Waals surface area (Å²) in [7, 11) is 0. The Balaban J connectivity index is 1.87. The van der Waals surface area contributed by atoms with Crippen molar-refractivity contribution in [1.82, 2.24) is 4.90 Å². The molecule has 6 heteroatoms. The third-order valence-corrected chi connectivity index (χ3v) is 4.01. The molecule has 2 heterocycles. The second-order valence-corrected chi connectivity index (χ2v) is 5.49. The van der Waals surface area contributed by atoms with Gasteiger partial charge in [0.25, 0.3) is 5.91 Å². The van der Waals surface area contributed by atoms with Gasteiger partial charge < -0.3 is 14.7 Å². The van der Waals surface area contributed by atoms with Gasteiger partial charge >= 0.3 is 5.97 Å². The van der Waals surface area contributed by atoms with Crippen molar-refractivity contribution in [2.45, 2.75) is 25.3 Å². The molecule has 3 rings (SSSR count). The molecule has 2 aliphatic heterocycles. The van der Waals surface area contributed by atoms with Crippen LogP contribution in [0.1, 0.15) is 24.8 Å². The zero-order chi connectivity index (χ0) is 15.7. The van der Waals surface area contributed by atoms with Crippen LogP contribution in [0.2, 0.25) is 0 Å². The summed E-state index contributed by atoms with van der Waals surface area (Å²) in [4.78, 5) is 25.3. The standard InChI is InChI=1S/C16H16FNO4/c17-12-4-5-14-10(8-12)7-11(9-22-14)15(19)18-6-2-1-3-13(18)16(20)21/h4-5,7-8,13H,1-3,6,9H2,(H,20,21). The Hall–Kier alpha value is -2.37. The van der Waals surface area contributed by atoms with E-state index in [9.17, 15) is 19.1 Å². The molecule has 1 aromatic carbocycles. The maximum Gasteiger partial charge on any atom is 0.326 e. The van der Waals surface area contributed by atoms with Crippen LogP contribution >= 0.6 is 0 Å². The minimum Gasteiger partial charge on any atom is -0.488 e. The van der Waals surface area contributed by atoms with Crippen LogP contribution in [-0.4, -0.2) is 41.1 Å². The number of amides is 1. The second kappa shape index (κ2) is 5.79. The van der Waals surface area contributed by atoms with Gasteiger partial charge in [-0.15, -0.1) is 0 Å². The fourth-order valence-electron chi connectivity index (χ4n) is 2.89. The number of carboxylic acid groups (broad SMARTS) is 1. The molecule has 1 amide bonds. The molecule has 116 valence electrons. The van der Waals surface area contributed by atoms with Crippen LogP contribution in [0.4, 0.5) is 4.39 Å². The highest BCUT2D eigenvalue weighted by Gasteiger charge is 2.34. The highest BCUT2D eigenvalue weighted by atomic mass is 19.1. The summed E-state index contributed by atoms with van der Waals surface area (Å²) in [6.07, 6.45) is 3.62. The fourth-order valence-corrected chi connectivity index (χ4v) is 2.89. The number of ether oxygens (including phenoxy) is 1. The lowest BCUT2D eigenvalue weighted by Gasteiger charge is -2.34. The highest BCUT2D eigenvalue weighted by Crippen LogP contribution is 2.29. The minimum absolute atomic E-state index is 0.0697. The number of piperidine rings is 1. The number of hydrogen-bond acceptors (Lipinski definition) is 3. The van der Waals surface area contributed by atoms with Crippen molar-refractivity contribution in [3.63, 3.8) is 0 Å². The number of carbonyl (C=O) groups excluding carboxylic acids is 1. The predicted octanol–water partition coefficient (Wildman–Crippen LogP) is 2.07. The van der Waals surface area contributed by atoms with Gasteiger partial charge in [0.15, 0.2) is 0 Å². The smallest absolute Gasteiger partial charge is 0.326 e. The van der Waals surface area contributed by atoms with E-state index < -0.39 is 17.8 Å². The number of nitrogens with zero attached hydrogens (tertiary/aromatic N) is 1. The van der Waals surface area contributed by atoms with Gasteiger partial charge in [-0.2, -0.15) is 0 Å². The number of likely N-dealkylation sites (tertiary alicyclic amines) is 1. The topological polar surface area (TPSA) is 66.8 Å². The maximum absolute atomic E-state index is 13.3. The molecule has 0 bridgehead atoms. The summed E-state index contributed by atoms with van der Waals surface area (Å²) in [5.41, 5.74) is 0.852. The molecule has 1 unspecified atom stereocenters. The lowest BCUT2D eigenvalue weighted by Crippen LogP contribution is -2.49. The molecular formula is C16H16FNO4.